The number of hydrogen-bond donors (Lipinski definition) is 1. The summed E-state index contributed by atoms with van der Waals surface area (Å²) < 4.78 is 45.5. The van der Waals surface area contributed by atoms with E-state index in [-0.39, 0.29) is 11.3 Å². The Labute approximate surface area is 202 Å². The van der Waals surface area contributed by atoms with E-state index in [4.69, 9.17) is 15.7 Å². The maximum absolute atomic E-state index is 13.4. The number of ether oxygens (including phenoxy) is 1. The van der Waals surface area contributed by atoms with Crippen LogP contribution < -0.4 is 10.6 Å². The number of halogens is 3. The topological polar surface area (TPSA) is 103 Å². The number of carbonyl (C=O) groups is 2. The van der Waals surface area contributed by atoms with E-state index >= 15 is 0 Å². The van der Waals surface area contributed by atoms with Crippen molar-refractivity contribution >= 4 is 17.5 Å². The van der Waals surface area contributed by atoms with Gasteiger partial charge in [-0.25, -0.2) is 0 Å². The van der Waals surface area contributed by atoms with Crippen molar-refractivity contribution < 1.29 is 27.5 Å². The molecule has 1 aromatic carbocycles. The predicted octanol–water partition coefficient (Wildman–Crippen LogP) is 1.97. The van der Waals surface area contributed by atoms with Crippen molar-refractivity contribution in [1.29, 1.82) is 5.26 Å². The van der Waals surface area contributed by atoms with Crippen LogP contribution in [0.15, 0.2) is 18.2 Å². The lowest BCUT2D eigenvalue weighted by Gasteiger charge is -2.40. The van der Waals surface area contributed by atoms with Crippen molar-refractivity contribution in [3.8, 4) is 6.07 Å². The third-order valence-electron chi connectivity index (χ3n) is 7.52. The number of alkyl halides is 3. The number of anilines is 1. The number of primary amides is 1. The standard InChI is InChI=1S/C24H30F3N5O3/c25-24(26,27)19-13-18(2-1-17(19)15-28)31-7-4-23(5-8-31)14-20(22(29)34)32(16-23)21(33)3-6-30-9-11-35-12-10-30/h1-2,13,20H,3-12,14,16H2,(H2,29,34). The largest absolute Gasteiger partial charge is 0.417 e. The molecule has 11 heteroatoms. The first kappa shape index (κ1) is 25.3. The number of likely N-dealkylation sites (tertiary alicyclic amines) is 1. The van der Waals surface area contributed by atoms with E-state index in [2.05, 4.69) is 4.90 Å². The summed E-state index contributed by atoms with van der Waals surface area (Å²) in [4.78, 5) is 30.8. The molecular formula is C24H30F3N5O3. The minimum atomic E-state index is -4.61. The van der Waals surface area contributed by atoms with E-state index in [9.17, 15) is 22.8 Å². The van der Waals surface area contributed by atoms with Crippen LogP contribution in [0.3, 0.4) is 0 Å². The molecule has 1 unspecified atom stereocenters. The summed E-state index contributed by atoms with van der Waals surface area (Å²) in [7, 11) is 0. The molecule has 2 amide bonds. The third-order valence-corrected chi connectivity index (χ3v) is 7.52. The highest BCUT2D eigenvalue weighted by atomic mass is 19.4. The average Bonchev–Trinajstić information content (AvgIpc) is 3.22. The number of rotatable bonds is 5. The fourth-order valence-electron chi connectivity index (χ4n) is 5.46. The van der Waals surface area contributed by atoms with E-state index in [0.29, 0.717) is 70.8 Å². The Morgan fingerprint density at radius 1 is 1.17 bits per heavy atom. The molecule has 3 fully saturated rings. The van der Waals surface area contributed by atoms with Crippen LogP contribution in [0.1, 0.15) is 36.8 Å². The average molecular weight is 494 g/mol. The number of carbonyl (C=O) groups excluding carboxylic acids is 2. The molecule has 0 aromatic heterocycles. The number of piperidine rings is 1. The van der Waals surface area contributed by atoms with Crippen LogP contribution >= 0.6 is 0 Å². The van der Waals surface area contributed by atoms with Gasteiger partial charge >= 0.3 is 6.18 Å². The maximum Gasteiger partial charge on any atom is 0.417 e. The minimum absolute atomic E-state index is 0.0958. The molecule has 190 valence electrons. The van der Waals surface area contributed by atoms with Crippen molar-refractivity contribution in [3.63, 3.8) is 0 Å². The van der Waals surface area contributed by atoms with Crippen molar-refractivity contribution in [1.82, 2.24) is 9.80 Å². The molecule has 4 rings (SSSR count). The molecule has 0 radical (unpaired) electrons. The molecule has 2 N–H and O–H groups in total. The van der Waals surface area contributed by atoms with Gasteiger partial charge in [-0.2, -0.15) is 18.4 Å². The number of nitrogens with two attached hydrogens (primary N) is 1. The number of amides is 2. The van der Waals surface area contributed by atoms with Crippen molar-refractivity contribution in [3.05, 3.63) is 29.3 Å². The van der Waals surface area contributed by atoms with E-state index in [1.165, 1.54) is 12.1 Å². The van der Waals surface area contributed by atoms with Crippen LogP contribution in [0.2, 0.25) is 0 Å². The van der Waals surface area contributed by atoms with Crippen molar-refractivity contribution in [2.24, 2.45) is 11.1 Å². The van der Waals surface area contributed by atoms with Gasteiger partial charge in [0, 0.05) is 51.4 Å². The highest BCUT2D eigenvalue weighted by molar-refractivity contribution is 5.87. The van der Waals surface area contributed by atoms with Crippen LogP contribution in [0, 0.1) is 16.7 Å². The molecule has 35 heavy (non-hydrogen) atoms. The number of morpholine rings is 1. The van der Waals surface area contributed by atoms with Gasteiger partial charge in [0.25, 0.3) is 0 Å². The van der Waals surface area contributed by atoms with Crippen LogP contribution in [-0.4, -0.2) is 80.1 Å². The summed E-state index contributed by atoms with van der Waals surface area (Å²) in [5.41, 5.74) is 4.44. The Kier molecular flexibility index (Phi) is 7.24. The highest BCUT2D eigenvalue weighted by Gasteiger charge is 2.49. The maximum atomic E-state index is 13.4. The second kappa shape index (κ2) is 10.0. The lowest BCUT2D eigenvalue weighted by Crippen LogP contribution is -2.46. The van der Waals surface area contributed by atoms with Gasteiger partial charge in [-0.05, 0) is 42.9 Å². The van der Waals surface area contributed by atoms with Gasteiger partial charge in [0.2, 0.25) is 11.8 Å². The molecule has 3 heterocycles. The van der Waals surface area contributed by atoms with Gasteiger partial charge in [-0.15, -0.1) is 0 Å². The molecule has 0 bridgehead atoms. The molecule has 0 aliphatic carbocycles. The Bertz CT molecular complexity index is 995. The summed E-state index contributed by atoms with van der Waals surface area (Å²) in [6.45, 7) is 4.85. The quantitative estimate of drug-likeness (QED) is 0.673. The number of nitrogens with zero attached hydrogens (tertiary/aromatic N) is 4. The summed E-state index contributed by atoms with van der Waals surface area (Å²) in [6, 6.07) is 4.71. The first-order valence-corrected chi connectivity index (χ1v) is 11.9. The predicted molar refractivity (Wildman–Crippen MR) is 121 cm³/mol. The van der Waals surface area contributed by atoms with E-state index in [1.807, 2.05) is 4.90 Å². The number of hydrogen-bond acceptors (Lipinski definition) is 6. The summed E-state index contributed by atoms with van der Waals surface area (Å²) in [5.74, 6) is -0.618. The van der Waals surface area contributed by atoms with Crippen LogP contribution in [0.4, 0.5) is 18.9 Å². The van der Waals surface area contributed by atoms with E-state index in [0.717, 1.165) is 19.2 Å². The molecule has 8 nitrogen and oxygen atoms in total. The lowest BCUT2D eigenvalue weighted by atomic mass is 9.76. The monoisotopic (exact) mass is 493 g/mol. The molecule has 1 aromatic rings. The summed E-state index contributed by atoms with van der Waals surface area (Å²) in [6.07, 6.45) is -2.57. The van der Waals surface area contributed by atoms with Gasteiger partial charge in [0.1, 0.15) is 6.04 Å². The number of nitriles is 1. The molecule has 3 aliphatic rings. The van der Waals surface area contributed by atoms with Crippen LogP contribution in [-0.2, 0) is 20.5 Å². The minimum Gasteiger partial charge on any atom is -0.379 e. The van der Waals surface area contributed by atoms with Crippen LogP contribution in [0.5, 0.6) is 0 Å². The zero-order valence-corrected chi connectivity index (χ0v) is 19.5. The zero-order chi connectivity index (χ0) is 25.2. The zero-order valence-electron chi connectivity index (χ0n) is 19.5. The molecule has 1 spiro atoms. The molecule has 0 saturated carbocycles. The Morgan fingerprint density at radius 2 is 1.86 bits per heavy atom. The molecule has 3 aliphatic heterocycles. The second-order valence-corrected chi connectivity index (χ2v) is 9.67. The molecular weight excluding hydrogens is 463 g/mol. The third kappa shape index (κ3) is 5.54. The fourth-order valence-corrected chi connectivity index (χ4v) is 5.46. The highest BCUT2D eigenvalue weighted by Crippen LogP contribution is 2.45. The van der Waals surface area contributed by atoms with E-state index in [1.54, 1.807) is 11.0 Å². The Hall–Kier alpha value is -2.84. The number of benzene rings is 1. The Morgan fingerprint density at radius 3 is 2.46 bits per heavy atom. The molecule has 3 saturated heterocycles. The van der Waals surface area contributed by atoms with Gasteiger partial charge in [-0.3, -0.25) is 14.5 Å². The van der Waals surface area contributed by atoms with Crippen molar-refractivity contribution in [2.75, 3.05) is 57.4 Å². The summed E-state index contributed by atoms with van der Waals surface area (Å²) >= 11 is 0. The van der Waals surface area contributed by atoms with Gasteiger partial charge in [0.15, 0.2) is 0 Å². The van der Waals surface area contributed by atoms with Gasteiger partial charge in [-0.1, -0.05) is 0 Å². The fraction of sp³-hybridized carbons (Fsp3) is 0.625. The lowest BCUT2D eigenvalue weighted by molar-refractivity contribution is -0.138. The second-order valence-electron chi connectivity index (χ2n) is 9.67. The smallest absolute Gasteiger partial charge is 0.379 e. The van der Waals surface area contributed by atoms with Crippen LogP contribution in [0.25, 0.3) is 0 Å². The first-order valence-electron chi connectivity index (χ1n) is 11.9. The Balaban J connectivity index is 1.41. The van der Waals surface area contributed by atoms with Gasteiger partial charge < -0.3 is 20.3 Å². The van der Waals surface area contributed by atoms with E-state index < -0.39 is 29.3 Å². The first-order chi connectivity index (χ1) is 16.6. The molecule has 1 atom stereocenters. The summed E-state index contributed by atoms with van der Waals surface area (Å²) in [5, 5.41) is 9.03. The van der Waals surface area contributed by atoms with Gasteiger partial charge in [0.05, 0.1) is 30.4 Å². The SMILES string of the molecule is N#Cc1ccc(N2CCC3(CC2)CC(C(N)=O)N(C(=O)CCN2CCOCC2)C3)cc1C(F)(F)F. The van der Waals surface area contributed by atoms with Crippen molar-refractivity contribution in [2.45, 2.75) is 37.9 Å². The normalized spacial score (nSPS) is 22.9.